The molecule has 1 heterocycles. The zero-order chi connectivity index (χ0) is 10.5. The molecule has 0 aliphatic heterocycles. The summed E-state index contributed by atoms with van der Waals surface area (Å²) in [6, 6.07) is 0. The number of nitrogens with one attached hydrogen (secondary N) is 2. The second-order valence-electron chi connectivity index (χ2n) is 3.95. The van der Waals surface area contributed by atoms with Crippen LogP contribution in [0.25, 0.3) is 0 Å². The van der Waals surface area contributed by atoms with Crippen molar-refractivity contribution in [2.24, 2.45) is 11.8 Å². The molecule has 5 heteroatoms. The Bertz CT molecular complexity index is 310. The molecular formula is C10H17N5. The summed E-state index contributed by atoms with van der Waals surface area (Å²) in [7, 11) is 0. The summed E-state index contributed by atoms with van der Waals surface area (Å²) in [6.07, 6.45) is 8.70. The highest BCUT2D eigenvalue weighted by atomic mass is 15.3. The van der Waals surface area contributed by atoms with E-state index in [1.807, 2.05) is 0 Å². The van der Waals surface area contributed by atoms with Gasteiger partial charge in [0.2, 0.25) is 0 Å². The van der Waals surface area contributed by atoms with E-state index in [4.69, 9.17) is 5.84 Å². The molecule has 1 fully saturated rings. The third-order valence-electron chi connectivity index (χ3n) is 2.87. The van der Waals surface area contributed by atoms with Crippen molar-refractivity contribution in [3.05, 3.63) is 12.4 Å². The molecule has 1 aliphatic rings. The van der Waals surface area contributed by atoms with Crippen LogP contribution in [-0.4, -0.2) is 16.5 Å². The van der Waals surface area contributed by atoms with E-state index < -0.39 is 0 Å². The highest BCUT2D eigenvalue weighted by molar-refractivity contribution is 5.40. The molecule has 4 N–H and O–H groups in total. The molecule has 1 saturated carbocycles. The molecule has 0 bridgehead atoms. The van der Waals surface area contributed by atoms with Gasteiger partial charge < -0.3 is 10.7 Å². The zero-order valence-electron chi connectivity index (χ0n) is 8.74. The maximum absolute atomic E-state index is 5.25. The molecule has 2 rings (SSSR count). The van der Waals surface area contributed by atoms with Crippen LogP contribution >= 0.6 is 0 Å². The topological polar surface area (TPSA) is 75.9 Å². The lowest BCUT2D eigenvalue weighted by atomic mass is 9.83. The number of hydrazine groups is 1. The minimum absolute atomic E-state index is 0.587. The summed E-state index contributed by atoms with van der Waals surface area (Å²) in [6.45, 7) is 0.966. The Hall–Kier alpha value is -1.36. The van der Waals surface area contributed by atoms with Crippen LogP contribution in [0.5, 0.6) is 0 Å². The van der Waals surface area contributed by atoms with Gasteiger partial charge in [0.1, 0.15) is 5.82 Å². The Labute approximate surface area is 89.5 Å². The third kappa shape index (κ3) is 2.79. The van der Waals surface area contributed by atoms with Crippen molar-refractivity contribution < 1.29 is 0 Å². The number of anilines is 2. The normalized spacial score (nSPS) is 15.8. The minimum atomic E-state index is 0.587. The van der Waals surface area contributed by atoms with Gasteiger partial charge in [-0.1, -0.05) is 19.3 Å². The van der Waals surface area contributed by atoms with Crippen LogP contribution in [0.1, 0.15) is 25.7 Å². The Morgan fingerprint density at radius 3 is 2.80 bits per heavy atom. The highest BCUT2D eigenvalue weighted by Crippen LogP contribution is 2.29. The van der Waals surface area contributed by atoms with Crippen molar-refractivity contribution in [1.29, 1.82) is 0 Å². The molecule has 0 saturated heterocycles. The fraction of sp³-hybridized carbons (Fsp3) is 0.600. The van der Waals surface area contributed by atoms with E-state index in [1.165, 1.54) is 25.7 Å². The maximum Gasteiger partial charge on any atom is 0.160 e. The monoisotopic (exact) mass is 207 g/mol. The van der Waals surface area contributed by atoms with Crippen molar-refractivity contribution in [1.82, 2.24) is 9.97 Å². The van der Waals surface area contributed by atoms with Crippen LogP contribution in [0.15, 0.2) is 12.4 Å². The van der Waals surface area contributed by atoms with E-state index in [2.05, 4.69) is 20.7 Å². The second kappa shape index (κ2) is 4.93. The lowest BCUT2D eigenvalue weighted by Gasteiger charge is -2.25. The molecule has 15 heavy (non-hydrogen) atoms. The summed E-state index contributed by atoms with van der Waals surface area (Å²) in [5, 5.41) is 3.25. The van der Waals surface area contributed by atoms with Crippen molar-refractivity contribution in [2.45, 2.75) is 25.7 Å². The van der Waals surface area contributed by atoms with Crippen molar-refractivity contribution in [3.63, 3.8) is 0 Å². The van der Waals surface area contributed by atoms with Crippen LogP contribution in [-0.2, 0) is 0 Å². The fourth-order valence-corrected chi connectivity index (χ4v) is 1.71. The van der Waals surface area contributed by atoms with Crippen LogP contribution in [0.2, 0.25) is 0 Å². The Balaban J connectivity index is 1.76. The summed E-state index contributed by atoms with van der Waals surface area (Å²) >= 11 is 0. The van der Waals surface area contributed by atoms with Gasteiger partial charge in [0, 0.05) is 6.54 Å². The van der Waals surface area contributed by atoms with E-state index in [9.17, 15) is 0 Å². The molecule has 1 aromatic rings. The number of nitrogens with zero attached hydrogens (tertiary/aromatic N) is 2. The lowest BCUT2D eigenvalue weighted by Crippen LogP contribution is -2.16. The van der Waals surface area contributed by atoms with Crippen LogP contribution < -0.4 is 16.6 Å². The first-order valence-electron chi connectivity index (χ1n) is 5.41. The van der Waals surface area contributed by atoms with Crippen molar-refractivity contribution in [2.75, 3.05) is 17.3 Å². The number of nitrogen functional groups attached to an aromatic ring is 1. The van der Waals surface area contributed by atoms with Crippen LogP contribution in [0, 0.1) is 5.92 Å². The van der Waals surface area contributed by atoms with E-state index in [-0.39, 0.29) is 0 Å². The average Bonchev–Trinajstić information content (AvgIpc) is 2.22. The van der Waals surface area contributed by atoms with Gasteiger partial charge in [0.05, 0.1) is 12.4 Å². The molecule has 0 aromatic carbocycles. The molecule has 5 nitrogen and oxygen atoms in total. The quantitative estimate of drug-likeness (QED) is 0.502. The highest BCUT2D eigenvalue weighted by Gasteiger charge is 2.16. The third-order valence-corrected chi connectivity index (χ3v) is 2.87. The molecular weight excluding hydrogens is 190 g/mol. The van der Waals surface area contributed by atoms with Crippen LogP contribution in [0.3, 0.4) is 0 Å². The molecule has 1 aliphatic carbocycles. The standard InChI is InChI=1S/C10H17N5/c11-15-10-7-12-6-9(14-10)13-5-4-8-2-1-3-8/h6-8H,1-5,11H2,(H2,13,14,15). The van der Waals surface area contributed by atoms with Gasteiger partial charge in [-0.05, 0) is 12.3 Å². The molecule has 1 aromatic heterocycles. The number of rotatable bonds is 5. The van der Waals surface area contributed by atoms with Crippen molar-refractivity contribution in [3.8, 4) is 0 Å². The summed E-state index contributed by atoms with van der Waals surface area (Å²) in [5.41, 5.74) is 2.48. The zero-order valence-corrected chi connectivity index (χ0v) is 8.74. The molecule has 0 spiro atoms. The second-order valence-corrected chi connectivity index (χ2v) is 3.95. The molecule has 0 amide bonds. The lowest BCUT2D eigenvalue weighted by molar-refractivity contribution is 0.303. The first kappa shape index (κ1) is 10.2. The molecule has 0 atom stereocenters. The van der Waals surface area contributed by atoms with Gasteiger partial charge >= 0.3 is 0 Å². The average molecular weight is 207 g/mol. The van der Waals surface area contributed by atoms with Gasteiger partial charge in [-0.15, -0.1) is 0 Å². The van der Waals surface area contributed by atoms with E-state index >= 15 is 0 Å². The summed E-state index contributed by atoms with van der Waals surface area (Å²) in [5.74, 6) is 7.53. The molecule has 0 radical (unpaired) electrons. The summed E-state index contributed by atoms with van der Waals surface area (Å²) < 4.78 is 0. The maximum atomic E-state index is 5.25. The Morgan fingerprint density at radius 2 is 2.13 bits per heavy atom. The van der Waals surface area contributed by atoms with Gasteiger partial charge in [-0.2, -0.15) is 0 Å². The van der Waals surface area contributed by atoms with Gasteiger partial charge in [0.25, 0.3) is 0 Å². The predicted octanol–water partition coefficient (Wildman–Crippen LogP) is 1.36. The molecule has 0 unspecified atom stereocenters. The number of aromatic nitrogens is 2. The van der Waals surface area contributed by atoms with Crippen molar-refractivity contribution >= 4 is 11.6 Å². The fourth-order valence-electron chi connectivity index (χ4n) is 1.71. The smallest absolute Gasteiger partial charge is 0.160 e. The van der Waals surface area contributed by atoms with Gasteiger partial charge in [-0.25, -0.2) is 10.8 Å². The van der Waals surface area contributed by atoms with Gasteiger partial charge in [0.15, 0.2) is 5.82 Å². The van der Waals surface area contributed by atoms with E-state index in [0.29, 0.717) is 5.82 Å². The Morgan fingerprint density at radius 1 is 1.33 bits per heavy atom. The predicted molar refractivity (Wildman–Crippen MR) is 60.3 cm³/mol. The summed E-state index contributed by atoms with van der Waals surface area (Å²) in [4.78, 5) is 8.24. The Kier molecular flexibility index (Phi) is 3.34. The number of hydrogen-bond donors (Lipinski definition) is 3. The molecule has 82 valence electrons. The largest absolute Gasteiger partial charge is 0.369 e. The SMILES string of the molecule is NNc1cncc(NCCC2CCC2)n1. The first-order chi connectivity index (χ1) is 7.38. The van der Waals surface area contributed by atoms with E-state index in [0.717, 1.165) is 18.3 Å². The van der Waals surface area contributed by atoms with Crippen LogP contribution in [0.4, 0.5) is 11.6 Å². The minimum Gasteiger partial charge on any atom is -0.369 e. The number of nitrogens with two attached hydrogens (primary N) is 1. The van der Waals surface area contributed by atoms with E-state index in [1.54, 1.807) is 12.4 Å². The number of hydrogen-bond acceptors (Lipinski definition) is 5. The van der Waals surface area contributed by atoms with Gasteiger partial charge in [-0.3, -0.25) is 4.98 Å². The first-order valence-corrected chi connectivity index (χ1v) is 5.41.